The first kappa shape index (κ1) is 94.9. The molecule has 0 spiro atoms. The van der Waals surface area contributed by atoms with E-state index in [-0.39, 0.29) is 25.7 Å². The molecule has 0 aliphatic rings. The van der Waals surface area contributed by atoms with Gasteiger partial charge in [-0.3, -0.25) is 37.3 Å². The monoisotopic (exact) mass is 1440 g/mol. The molecule has 0 aromatic heterocycles. The summed E-state index contributed by atoms with van der Waals surface area (Å²) in [5, 5.41) is 10.6. The molecule has 0 fully saturated rings. The molecule has 19 heteroatoms. The number of phosphoric ester groups is 2. The highest BCUT2D eigenvalue weighted by Gasteiger charge is 2.30. The molecule has 3 N–H and O–H groups in total. The summed E-state index contributed by atoms with van der Waals surface area (Å²) in [6.07, 6.45) is 81.5. The molecule has 0 amide bonds. The molecular formula is C81H134O17P2. The summed E-state index contributed by atoms with van der Waals surface area (Å²) in [5.41, 5.74) is 0. The fraction of sp³-hybridized carbons (Fsp3) is 0.654. The highest BCUT2D eigenvalue weighted by Crippen LogP contribution is 2.45. The maximum atomic E-state index is 13.1. The van der Waals surface area contributed by atoms with Crippen molar-refractivity contribution in [1.29, 1.82) is 0 Å². The van der Waals surface area contributed by atoms with Gasteiger partial charge in [0.2, 0.25) is 0 Å². The maximum absolute atomic E-state index is 13.1. The second-order valence-corrected chi connectivity index (χ2v) is 27.7. The van der Waals surface area contributed by atoms with Crippen molar-refractivity contribution in [3.8, 4) is 0 Å². The van der Waals surface area contributed by atoms with E-state index in [4.69, 9.17) is 37.0 Å². The van der Waals surface area contributed by atoms with Gasteiger partial charge in [-0.2, -0.15) is 0 Å². The van der Waals surface area contributed by atoms with Gasteiger partial charge in [-0.1, -0.05) is 263 Å². The van der Waals surface area contributed by atoms with Gasteiger partial charge in [0.1, 0.15) is 19.3 Å². The average Bonchev–Trinajstić information content (AvgIpc) is 0.937. The predicted octanol–water partition coefficient (Wildman–Crippen LogP) is 21.9. The molecule has 0 bridgehead atoms. The van der Waals surface area contributed by atoms with Crippen LogP contribution in [-0.4, -0.2) is 96.7 Å². The molecule has 0 aromatic carbocycles. The van der Waals surface area contributed by atoms with E-state index in [0.29, 0.717) is 25.7 Å². The van der Waals surface area contributed by atoms with E-state index >= 15 is 0 Å². The minimum atomic E-state index is -5.00. The first-order chi connectivity index (χ1) is 48.7. The van der Waals surface area contributed by atoms with Crippen molar-refractivity contribution >= 4 is 39.5 Å². The van der Waals surface area contributed by atoms with Crippen molar-refractivity contribution < 1.29 is 80.2 Å². The van der Waals surface area contributed by atoms with Crippen molar-refractivity contribution in [2.75, 3.05) is 39.6 Å². The summed E-state index contributed by atoms with van der Waals surface area (Å²) in [6, 6.07) is 0. The summed E-state index contributed by atoms with van der Waals surface area (Å²) in [7, 11) is -9.99. The molecule has 0 aromatic rings. The Hall–Kier alpha value is -5.06. The van der Waals surface area contributed by atoms with Crippen molar-refractivity contribution in [3.05, 3.63) is 146 Å². The minimum Gasteiger partial charge on any atom is -0.462 e. The fourth-order valence-electron chi connectivity index (χ4n) is 9.61. The normalized spacial score (nSPS) is 14.8. The molecule has 5 unspecified atom stereocenters. The molecule has 0 saturated carbocycles. The van der Waals surface area contributed by atoms with E-state index in [9.17, 15) is 43.2 Å². The van der Waals surface area contributed by atoms with Crippen LogP contribution in [0, 0.1) is 0 Å². The molecule has 0 radical (unpaired) electrons. The van der Waals surface area contributed by atoms with Crippen LogP contribution in [0.15, 0.2) is 146 Å². The lowest BCUT2D eigenvalue weighted by Gasteiger charge is -2.21. The number of allylic oxidation sites excluding steroid dienone is 23. The van der Waals surface area contributed by atoms with Crippen LogP contribution in [0.5, 0.6) is 0 Å². The van der Waals surface area contributed by atoms with Gasteiger partial charge in [-0.15, -0.1) is 0 Å². The second-order valence-electron chi connectivity index (χ2n) is 24.8. The Morgan fingerprint density at radius 2 is 0.560 bits per heavy atom. The number of phosphoric acid groups is 2. The summed E-state index contributed by atoms with van der Waals surface area (Å²) in [4.78, 5) is 72.8. The Balaban J connectivity index is 5.44. The summed E-state index contributed by atoms with van der Waals surface area (Å²) < 4.78 is 68.3. The number of rotatable bonds is 70. The number of carbonyl (C=O) groups excluding carboxylic acids is 4. The van der Waals surface area contributed by atoms with E-state index < -0.39 is 97.5 Å². The molecule has 0 heterocycles. The van der Waals surface area contributed by atoms with Crippen LogP contribution in [0.4, 0.5) is 0 Å². The molecular weight excluding hydrogens is 1310 g/mol. The molecule has 0 rings (SSSR count). The van der Waals surface area contributed by atoms with Crippen LogP contribution in [-0.2, 0) is 65.4 Å². The molecule has 0 aliphatic heterocycles. The van der Waals surface area contributed by atoms with Crippen LogP contribution >= 0.6 is 15.6 Å². The number of aliphatic hydroxyl groups is 1. The van der Waals surface area contributed by atoms with E-state index in [2.05, 4.69) is 149 Å². The molecule has 5 atom stereocenters. The van der Waals surface area contributed by atoms with Crippen molar-refractivity contribution in [2.45, 2.75) is 303 Å². The Morgan fingerprint density at radius 3 is 0.900 bits per heavy atom. The van der Waals surface area contributed by atoms with E-state index in [1.807, 2.05) is 18.2 Å². The largest absolute Gasteiger partial charge is 0.472 e. The van der Waals surface area contributed by atoms with E-state index in [1.54, 1.807) is 6.08 Å². The second kappa shape index (κ2) is 72.3. The number of esters is 4. The number of hydrogen-bond donors (Lipinski definition) is 3. The lowest BCUT2D eigenvalue weighted by molar-refractivity contribution is -0.161. The van der Waals surface area contributed by atoms with Gasteiger partial charge in [-0.05, 0) is 141 Å². The number of hydrogen-bond acceptors (Lipinski definition) is 15. The lowest BCUT2D eigenvalue weighted by Crippen LogP contribution is -2.30. The Morgan fingerprint density at radius 1 is 0.300 bits per heavy atom. The topological polar surface area (TPSA) is 237 Å². The zero-order valence-corrected chi connectivity index (χ0v) is 63.9. The van der Waals surface area contributed by atoms with Crippen LogP contribution in [0.25, 0.3) is 0 Å². The highest BCUT2D eigenvalue weighted by atomic mass is 31.2. The number of ether oxygens (including phenoxy) is 4. The Kier molecular flexibility index (Phi) is 68.6. The molecule has 100 heavy (non-hydrogen) atoms. The smallest absolute Gasteiger partial charge is 0.462 e. The first-order valence-electron chi connectivity index (χ1n) is 38.1. The standard InChI is InChI=1S/C81H134O17P2/c1-5-9-13-17-21-25-29-33-36-37-40-43-46-50-54-58-62-66-79(84)92-72-77(98-81(86)68-64-60-56-52-48-44-39-35-31-27-23-19-15-11-7-3)74-96-100(89,90)94-70-75(82)69-93-99(87,88)95-73-76(97-80(85)67-63-59-55-51-47-41-32-28-24-20-16-12-8-4)71-91-78(83)65-61-57-53-49-45-42-38-34-30-26-22-18-14-10-6-2/h9-11,13-15,21-23,25-28,32-36,38-39,45,49,57,61,75-77,82H,5-8,12,16-20,24,29-31,37,40-44,46-48,50-56,58-60,62-74H2,1-4H3,(H,87,88)(H,89,90)/b13-9-,14-10-,15-11-,25-21-,26-22-,27-23-,32-28-,36-33-,38-34-,39-35-,49-45-,61-57-. The van der Waals surface area contributed by atoms with Gasteiger partial charge in [0, 0.05) is 19.3 Å². The quantitative estimate of drug-likeness (QED) is 0.0169. The van der Waals surface area contributed by atoms with Crippen LogP contribution in [0.1, 0.15) is 285 Å². The van der Waals surface area contributed by atoms with Crippen molar-refractivity contribution in [1.82, 2.24) is 0 Å². The first-order valence-corrected chi connectivity index (χ1v) is 41.1. The molecule has 570 valence electrons. The van der Waals surface area contributed by atoms with Gasteiger partial charge in [0.05, 0.1) is 32.8 Å². The Labute approximate surface area is 605 Å². The van der Waals surface area contributed by atoms with Crippen molar-refractivity contribution in [2.24, 2.45) is 0 Å². The molecule has 17 nitrogen and oxygen atoms in total. The minimum absolute atomic E-state index is 0.0616. The van der Waals surface area contributed by atoms with Gasteiger partial charge >= 0.3 is 39.5 Å². The van der Waals surface area contributed by atoms with Crippen molar-refractivity contribution in [3.63, 3.8) is 0 Å². The van der Waals surface area contributed by atoms with Crippen LogP contribution in [0.2, 0.25) is 0 Å². The molecule has 0 saturated heterocycles. The van der Waals surface area contributed by atoms with E-state index in [0.717, 1.165) is 180 Å². The van der Waals surface area contributed by atoms with Gasteiger partial charge in [0.15, 0.2) is 12.2 Å². The fourth-order valence-corrected chi connectivity index (χ4v) is 11.2. The predicted molar refractivity (Wildman–Crippen MR) is 408 cm³/mol. The van der Waals surface area contributed by atoms with Gasteiger partial charge in [-0.25, -0.2) is 9.13 Å². The van der Waals surface area contributed by atoms with Crippen LogP contribution < -0.4 is 0 Å². The summed E-state index contributed by atoms with van der Waals surface area (Å²) in [5.74, 6) is -2.37. The van der Waals surface area contributed by atoms with Crippen LogP contribution in [0.3, 0.4) is 0 Å². The maximum Gasteiger partial charge on any atom is 0.472 e. The third kappa shape index (κ3) is 71.3. The van der Waals surface area contributed by atoms with E-state index in [1.165, 1.54) is 25.7 Å². The lowest BCUT2D eigenvalue weighted by atomic mass is 10.1. The third-order valence-corrected chi connectivity index (χ3v) is 17.2. The Bertz CT molecular complexity index is 2470. The summed E-state index contributed by atoms with van der Waals surface area (Å²) in [6.45, 7) is 4.35. The zero-order valence-electron chi connectivity index (χ0n) is 62.1. The highest BCUT2D eigenvalue weighted by molar-refractivity contribution is 7.47. The zero-order chi connectivity index (χ0) is 73.2. The molecule has 0 aliphatic carbocycles. The van der Waals surface area contributed by atoms with Gasteiger partial charge < -0.3 is 33.8 Å². The number of unbranched alkanes of at least 4 members (excludes halogenated alkanes) is 21. The summed E-state index contributed by atoms with van der Waals surface area (Å²) >= 11 is 0. The average molecular weight is 1440 g/mol. The third-order valence-electron chi connectivity index (χ3n) is 15.3. The van der Waals surface area contributed by atoms with Gasteiger partial charge in [0.25, 0.3) is 0 Å². The SMILES string of the molecule is CC/C=C\C/C=C\C/C=C\C/C=C\C/C=C\CC(=O)OCC(COP(=O)(O)OCC(O)COP(=O)(O)OCC(COC(=O)CCCCCCCCC/C=C\C/C=C\C/C=C\CC)OC(=O)CCCCCCC/C=C\C/C=C\C/C=C\CC)OC(=O)CCCCCCC/C=C\CCCCCC. The number of aliphatic hydroxyl groups excluding tert-OH is 1. The number of carbonyl (C=O) groups is 4.